The normalized spacial score (nSPS) is 11.7. The molecule has 0 atom stereocenters. The highest BCUT2D eigenvalue weighted by Crippen LogP contribution is 2.23. The summed E-state index contributed by atoms with van der Waals surface area (Å²) in [6, 6.07) is 9.60. The number of thiazole rings is 1. The van der Waals surface area contributed by atoms with Crippen molar-refractivity contribution in [2.75, 3.05) is 13.2 Å². The Balaban J connectivity index is 2.05. The van der Waals surface area contributed by atoms with Gasteiger partial charge >= 0.3 is 0 Å². The molecule has 1 aromatic heterocycles. The van der Waals surface area contributed by atoms with Crippen molar-refractivity contribution in [3.63, 3.8) is 0 Å². The fraction of sp³-hybridized carbons (Fsp3) is 0.222. The van der Waals surface area contributed by atoms with E-state index in [0.29, 0.717) is 30.1 Å². The minimum absolute atomic E-state index is 0.0614. The van der Waals surface area contributed by atoms with Gasteiger partial charge in [0.15, 0.2) is 4.80 Å². The molecule has 0 aliphatic rings. The van der Waals surface area contributed by atoms with Crippen molar-refractivity contribution < 1.29 is 19.4 Å². The molecule has 0 aliphatic carbocycles. The number of aromatic nitrogens is 1. The lowest BCUT2D eigenvalue weighted by Crippen LogP contribution is -2.19. The predicted molar refractivity (Wildman–Crippen MR) is 106 cm³/mol. The van der Waals surface area contributed by atoms with Gasteiger partial charge in [0.1, 0.15) is 0 Å². The van der Waals surface area contributed by atoms with Crippen LogP contribution in [0.5, 0.6) is 0 Å². The summed E-state index contributed by atoms with van der Waals surface area (Å²) in [7, 11) is 0. The molecule has 0 bridgehead atoms. The predicted octanol–water partition coefficient (Wildman–Crippen LogP) is 3.30. The Labute approximate surface area is 168 Å². The second-order valence-corrected chi connectivity index (χ2v) is 6.87. The summed E-state index contributed by atoms with van der Waals surface area (Å²) in [5, 5.41) is 21.9. The quantitative estimate of drug-likeness (QED) is 0.330. The van der Waals surface area contributed by atoms with Crippen LogP contribution in [0.4, 0.5) is 11.4 Å². The van der Waals surface area contributed by atoms with E-state index < -0.39 is 15.8 Å². The first-order chi connectivity index (χ1) is 13.9. The maximum atomic E-state index is 12.5. The first-order valence-electron chi connectivity index (χ1n) is 8.59. The summed E-state index contributed by atoms with van der Waals surface area (Å²) < 4.78 is 7.81. The van der Waals surface area contributed by atoms with Crippen LogP contribution in [0, 0.1) is 20.2 Å². The van der Waals surface area contributed by atoms with Gasteiger partial charge in [0.05, 0.1) is 26.7 Å². The van der Waals surface area contributed by atoms with Crippen molar-refractivity contribution in [1.29, 1.82) is 0 Å². The topological polar surface area (TPSA) is 130 Å². The minimum Gasteiger partial charge on any atom is -0.380 e. The van der Waals surface area contributed by atoms with E-state index in [0.717, 1.165) is 4.70 Å². The maximum Gasteiger partial charge on any atom is 0.279 e. The molecule has 0 unspecified atom stereocenters. The van der Waals surface area contributed by atoms with E-state index in [4.69, 9.17) is 4.74 Å². The zero-order valence-electron chi connectivity index (χ0n) is 15.3. The Hall–Kier alpha value is -3.44. The van der Waals surface area contributed by atoms with Crippen LogP contribution in [0.1, 0.15) is 17.3 Å². The molecule has 10 nitrogen and oxygen atoms in total. The van der Waals surface area contributed by atoms with Crippen LogP contribution >= 0.6 is 11.3 Å². The van der Waals surface area contributed by atoms with Gasteiger partial charge in [-0.15, -0.1) is 0 Å². The molecule has 150 valence electrons. The van der Waals surface area contributed by atoms with Crippen LogP contribution in [-0.2, 0) is 11.3 Å². The third kappa shape index (κ3) is 4.52. The van der Waals surface area contributed by atoms with Gasteiger partial charge in [-0.1, -0.05) is 11.3 Å². The largest absolute Gasteiger partial charge is 0.380 e. The average molecular weight is 416 g/mol. The van der Waals surface area contributed by atoms with Crippen molar-refractivity contribution in [3.8, 4) is 0 Å². The third-order valence-electron chi connectivity index (χ3n) is 4.06. The standard InChI is InChI=1S/C18H16N4O6S/c1-2-28-10-9-20-15-11-14(22(26)27)7-8-16(15)29-18(20)19-17(23)12-3-5-13(6-4-12)21(24)25/h3-8,11H,2,9-10H2,1H3. The highest BCUT2D eigenvalue weighted by molar-refractivity contribution is 7.16. The lowest BCUT2D eigenvalue weighted by Gasteiger charge is -2.05. The highest BCUT2D eigenvalue weighted by atomic mass is 32.1. The van der Waals surface area contributed by atoms with Gasteiger partial charge in [-0.25, -0.2) is 0 Å². The Morgan fingerprint density at radius 1 is 1.10 bits per heavy atom. The van der Waals surface area contributed by atoms with Crippen molar-refractivity contribution in [1.82, 2.24) is 4.57 Å². The molecule has 0 aliphatic heterocycles. The molecule has 3 aromatic rings. The van der Waals surface area contributed by atoms with Gasteiger partial charge in [-0.2, -0.15) is 4.99 Å². The molecule has 29 heavy (non-hydrogen) atoms. The number of amides is 1. The van der Waals surface area contributed by atoms with Crippen LogP contribution in [0.15, 0.2) is 47.5 Å². The van der Waals surface area contributed by atoms with Gasteiger partial charge in [0, 0.05) is 43.0 Å². The lowest BCUT2D eigenvalue weighted by molar-refractivity contribution is -0.385. The fourth-order valence-corrected chi connectivity index (χ4v) is 3.68. The van der Waals surface area contributed by atoms with Crippen LogP contribution in [0.25, 0.3) is 10.2 Å². The van der Waals surface area contributed by atoms with Crippen molar-refractivity contribution in [2.24, 2.45) is 4.99 Å². The summed E-state index contributed by atoms with van der Waals surface area (Å²) in [5.41, 5.74) is 0.603. The zero-order valence-corrected chi connectivity index (χ0v) is 16.1. The number of carbonyl (C=O) groups is 1. The SMILES string of the molecule is CCOCCn1c(=NC(=O)c2ccc([N+](=O)[O-])cc2)sc2ccc([N+](=O)[O-])cc21. The molecular weight excluding hydrogens is 400 g/mol. The van der Waals surface area contributed by atoms with E-state index in [1.807, 2.05) is 6.92 Å². The molecule has 0 spiro atoms. The van der Waals surface area contributed by atoms with Crippen LogP contribution in [0.2, 0.25) is 0 Å². The number of non-ortho nitro benzene ring substituents is 2. The molecule has 1 amide bonds. The molecule has 0 N–H and O–H groups in total. The molecular formula is C18H16N4O6S. The van der Waals surface area contributed by atoms with Gasteiger partial charge in [-0.3, -0.25) is 25.0 Å². The minimum atomic E-state index is -0.564. The number of fused-ring (bicyclic) bond motifs is 1. The smallest absolute Gasteiger partial charge is 0.279 e. The summed E-state index contributed by atoms with van der Waals surface area (Å²) in [5.74, 6) is -0.564. The number of carbonyl (C=O) groups excluding carboxylic acids is 1. The number of nitro groups is 2. The Bertz CT molecular complexity index is 1150. The van der Waals surface area contributed by atoms with Gasteiger partial charge in [-0.05, 0) is 25.1 Å². The maximum absolute atomic E-state index is 12.5. The van der Waals surface area contributed by atoms with Crippen LogP contribution in [-0.4, -0.2) is 33.5 Å². The van der Waals surface area contributed by atoms with Gasteiger partial charge in [0.25, 0.3) is 17.3 Å². The number of ether oxygens (including phenoxy) is 1. The summed E-state index contributed by atoms with van der Waals surface area (Å²) in [4.78, 5) is 37.9. The second kappa shape index (κ2) is 8.71. The van der Waals surface area contributed by atoms with E-state index in [2.05, 4.69) is 4.99 Å². The number of nitrogens with zero attached hydrogens (tertiary/aromatic N) is 4. The lowest BCUT2D eigenvalue weighted by atomic mass is 10.2. The summed E-state index contributed by atoms with van der Waals surface area (Å²) in [6.07, 6.45) is 0. The Kier molecular flexibility index (Phi) is 6.10. The Morgan fingerprint density at radius 3 is 2.38 bits per heavy atom. The van der Waals surface area contributed by atoms with E-state index in [-0.39, 0.29) is 16.9 Å². The molecule has 0 saturated carbocycles. The summed E-state index contributed by atoms with van der Waals surface area (Å²) >= 11 is 1.22. The van der Waals surface area contributed by atoms with E-state index in [1.165, 1.54) is 47.7 Å². The van der Waals surface area contributed by atoms with Crippen LogP contribution in [0.3, 0.4) is 0 Å². The molecule has 2 aromatic carbocycles. The van der Waals surface area contributed by atoms with Crippen LogP contribution < -0.4 is 4.80 Å². The fourth-order valence-electron chi connectivity index (χ4n) is 2.65. The van der Waals surface area contributed by atoms with Gasteiger partial charge < -0.3 is 9.30 Å². The van der Waals surface area contributed by atoms with Crippen molar-refractivity contribution >= 4 is 38.8 Å². The molecule has 1 heterocycles. The summed E-state index contributed by atoms with van der Waals surface area (Å²) in [6.45, 7) is 3.08. The first kappa shape index (κ1) is 20.3. The van der Waals surface area contributed by atoms with Gasteiger partial charge in [0.2, 0.25) is 0 Å². The number of hydrogen-bond acceptors (Lipinski definition) is 7. The second-order valence-electron chi connectivity index (χ2n) is 5.86. The number of nitro benzene ring substituents is 2. The zero-order chi connectivity index (χ0) is 21.0. The van der Waals surface area contributed by atoms with E-state index in [9.17, 15) is 25.0 Å². The highest BCUT2D eigenvalue weighted by Gasteiger charge is 2.14. The average Bonchev–Trinajstić information content (AvgIpc) is 3.04. The molecule has 3 rings (SSSR count). The monoisotopic (exact) mass is 416 g/mol. The van der Waals surface area contributed by atoms with E-state index in [1.54, 1.807) is 10.6 Å². The van der Waals surface area contributed by atoms with Crippen molar-refractivity contribution in [2.45, 2.75) is 13.5 Å². The first-order valence-corrected chi connectivity index (χ1v) is 9.41. The third-order valence-corrected chi connectivity index (χ3v) is 5.12. The molecule has 0 radical (unpaired) electrons. The number of hydrogen-bond donors (Lipinski definition) is 0. The molecule has 11 heteroatoms. The molecule has 0 fully saturated rings. The number of benzene rings is 2. The van der Waals surface area contributed by atoms with Crippen molar-refractivity contribution in [3.05, 3.63) is 73.1 Å². The number of rotatable bonds is 7. The Morgan fingerprint density at radius 2 is 1.76 bits per heavy atom. The molecule has 0 saturated heterocycles. The van der Waals surface area contributed by atoms with E-state index >= 15 is 0 Å².